The number of alkyl halides is 3. The van der Waals surface area contributed by atoms with Crippen molar-refractivity contribution in [1.29, 1.82) is 0 Å². The predicted octanol–water partition coefficient (Wildman–Crippen LogP) is 5.55. The minimum Gasteiger partial charge on any atom is -0.356 e. The Kier molecular flexibility index (Phi) is 11.7. The van der Waals surface area contributed by atoms with Crippen molar-refractivity contribution in [2.24, 2.45) is 5.92 Å². The molecular formula is C38H44F4N8O4. The van der Waals surface area contributed by atoms with E-state index in [1.807, 2.05) is 20.8 Å². The lowest BCUT2D eigenvalue weighted by atomic mass is 9.96. The van der Waals surface area contributed by atoms with Crippen LogP contribution in [0.3, 0.4) is 0 Å². The quantitative estimate of drug-likeness (QED) is 0.0984. The zero-order valence-corrected chi connectivity index (χ0v) is 30.4. The Bertz CT molecular complexity index is 1940. The van der Waals surface area contributed by atoms with Crippen LogP contribution in [0.2, 0.25) is 0 Å². The highest BCUT2D eigenvalue weighted by atomic mass is 19.4. The van der Waals surface area contributed by atoms with Crippen LogP contribution >= 0.6 is 0 Å². The van der Waals surface area contributed by atoms with Crippen molar-refractivity contribution < 1.29 is 37.0 Å². The van der Waals surface area contributed by atoms with E-state index in [9.17, 15) is 27.9 Å². The molecule has 4 aromatic rings. The van der Waals surface area contributed by atoms with Crippen molar-refractivity contribution in [3.63, 3.8) is 0 Å². The molecule has 5 N–H and O–H groups in total. The van der Waals surface area contributed by atoms with Crippen LogP contribution in [0, 0.1) is 11.7 Å². The molecule has 0 bridgehead atoms. The Balaban J connectivity index is 1.18. The van der Waals surface area contributed by atoms with Gasteiger partial charge in [-0.15, -0.1) is 0 Å². The number of methoxy groups -OCH3 is 1. The second-order valence-corrected chi connectivity index (χ2v) is 13.9. The maximum absolute atomic E-state index is 15.4. The van der Waals surface area contributed by atoms with Gasteiger partial charge in [-0.2, -0.15) is 13.2 Å². The number of aromatic nitrogens is 3. The number of ether oxygens (including phenoxy) is 1. The van der Waals surface area contributed by atoms with Gasteiger partial charge in [-0.05, 0) is 66.6 Å². The molecule has 2 amide bonds. The summed E-state index contributed by atoms with van der Waals surface area (Å²) in [5.74, 6) is -0.948. The average molecular weight is 753 g/mol. The Morgan fingerprint density at radius 1 is 1.04 bits per heavy atom. The molecule has 0 radical (unpaired) electrons. The van der Waals surface area contributed by atoms with Gasteiger partial charge in [-0.1, -0.05) is 38.1 Å². The van der Waals surface area contributed by atoms with E-state index in [2.05, 4.69) is 35.8 Å². The minimum absolute atomic E-state index is 0.0713. The third-order valence-electron chi connectivity index (χ3n) is 9.90. The monoisotopic (exact) mass is 752 g/mol. The van der Waals surface area contributed by atoms with Crippen molar-refractivity contribution in [2.45, 2.75) is 64.3 Å². The van der Waals surface area contributed by atoms with E-state index < -0.39 is 47.2 Å². The number of aliphatic hydroxyl groups is 1. The maximum atomic E-state index is 15.4. The Morgan fingerprint density at radius 2 is 1.78 bits per heavy atom. The van der Waals surface area contributed by atoms with E-state index in [0.717, 1.165) is 32.1 Å². The predicted molar refractivity (Wildman–Crippen MR) is 195 cm³/mol. The number of piperazine rings is 1. The number of hydrogen-bond donors (Lipinski definition) is 5. The third-order valence-corrected chi connectivity index (χ3v) is 9.90. The lowest BCUT2D eigenvalue weighted by Crippen LogP contribution is -2.52. The topological polar surface area (TPSA) is 148 Å². The van der Waals surface area contributed by atoms with Crippen LogP contribution in [-0.2, 0) is 15.7 Å². The summed E-state index contributed by atoms with van der Waals surface area (Å²) in [6, 6.07) is 9.79. The number of H-pyrrole nitrogens is 1. The molecule has 2 aliphatic rings. The molecule has 54 heavy (non-hydrogen) atoms. The van der Waals surface area contributed by atoms with Crippen molar-refractivity contribution in [3.8, 4) is 22.4 Å². The molecule has 2 aromatic carbocycles. The number of carbonyl (C=O) groups excluding carboxylic acids is 2. The van der Waals surface area contributed by atoms with Gasteiger partial charge in [0.2, 0.25) is 12.3 Å². The highest BCUT2D eigenvalue weighted by Gasteiger charge is 2.38. The van der Waals surface area contributed by atoms with Crippen LogP contribution in [-0.4, -0.2) is 88.6 Å². The minimum atomic E-state index is -4.86. The third kappa shape index (κ3) is 8.41. The Morgan fingerprint density at radius 3 is 2.43 bits per heavy atom. The van der Waals surface area contributed by atoms with E-state index in [-0.39, 0.29) is 35.0 Å². The number of likely N-dealkylation sites (tertiary alicyclic amines) is 1. The first kappa shape index (κ1) is 38.8. The van der Waals surface area contributed by atoms with E-state index in [4.69, 9.17) is 4.74 Å². The molecule has 12 nitrogen and oxygen atoms in total. The first-order chi connectivity index (χ1) is 25.7. The second kappa shape index (κ2) is 16.2. The maximum Gasteiger partial charge on any atom is 0.417 e. The van der Waals surface area contributed by atoms with E-state index in [1.54, 1.807) is 29.3 Å². The molecule has 0 spiro atoms. The summed E-state index contributed by atoms with van der Waals surface area (Å²) in [5.41, 5.74) is -0.739. The summed E-state index contributed by atoms with van der Waals surface area (Å²) in [5, 5.41) is 18.3. The molecule has 1 unspecified atom stereocenters. The normalized spacial score (nSPS) is 18.9. The van der Waals surface area contributed by atoms with Gasteiger partial charge in [0.1, 0.15) is 17.5 Å². The molecule has 2 saturated heterocycles. The highest BCUT2D eigenvalue weighted by Crippen LogP contribution is 2.41. The number of benzene rings is 2. The zero-order valence-electron chi connectivity index (χ0n) is 30.4. The second-order valence-electron chi connectivity index (χ2n) is 13.9. The fraction of sp³-hybridized carbons (Fsp3) is 0.421. The van der Waals surface area contributed by atoms with Gasteiger partial charge < -0.3 is 35.3 Å². The van der Waals surface area contributed by atoms with Gasteiger partial charge in [0.25, 0.3) is 5.91 Å². The number of nitrogens with zero attached hydrogens (tertiary/aromatic N) is 4. The largest absolute Gasteiger partial charge is 0.417 e. The number of amides is 2. The molecule has 4 atom stereocenters. The molecule has 6 rings (SSSR count). The number of anilines is 2. The summed E-state index contributed by atoms with van der Waals surface area (Å²) in [6.45, 7) is 8.57. The Hall–Kier alpha value is -4.90. The van der Waals surface area contributed by atoms with Crippen LogP contribution in [0.15, 0.2) is 60.9 Å². The Labute approximate surface area is 310 Å². The van der Waals surface area contributed by atoms with Gasteiger partial charge >= 0.3 is 6.18 Å². The number of halogens is 4. The number of pyridine rings is 1. The van der Waals surface area contributed by atoms with Gasteiger partial charge in [-0.25, -0.2) is 14.4 Å². The first-order valence-electron chi connectivity index (χ1n) is 17.8. The average Bonchev–Trinajstić information content (AvgIpc) is 3.85. The molecule has 288 valence electrons. The fourth-order valence-corrected chi connectivity index (χ4v) is 6.95. The van der Waals surface area contributed by atoms with Gasteiger partial charge in [0.15, 0.2) is 0 Å². The van der Waals surface area contributed by atoms with Crippen LogP contribution < -0.4 is 20.9 Å². The van der Waals surface area contributed by atoms with E-state index >= 15 is 4.39 Å². The smallest absolute Gasteiger partial charge is 0.356 e. The van der Waals surface area contributed by atoms with Crippen LogP contribution in [0.25, 0.3) is 22.4 Å². The number of imidazole rings is 1. The summed E-state index contributed by atoms with van der Waals surface area (Å²) < 4.78 is 63.5. The van der Waals surface area contributed by atoms with Gasteiger partial charge in [0, 0.05) is 45.5 Å². The molecule has 2 aliphatic heterocycles. The number of nitrogens with one attached hydrogen (secondary N) is 4. The standard InChI is InChI=1S/C38H44F4N8O4/c1-21(2)33(48-37(53)54-4)36(52)50-14-5-6-31(50)34-45-20-30(46-34)24-9-7-23(8-10-24)26-16-28(39)29(17-27(26)38(40,41)42)47-35(51)25-11-12-32(44-19-25)49-15-13-43-18-22(49)3/h7-12,16-17,19-22,31,33,37,43,48,53H,5-6,13-15,18H2,1-4H3,(H,45,46)(H,47,51)/t22-,31+,33+,37?/m1/s1. The summed E-state index contributed by atoms with van der Waals surface area (Å²) in [4.78, 5) is 42.4. The molecule has 4 heterocycles. The van der Waals surface area contributed by atoms with Crippen LogP contribution in [0.4, 0.5) is 29.1 Å². The zero-order chi connectivity index (χ0) is 38.7. The molecule has 2 aromatic heterocycles. The lowest BCUT2D eigenvalue weighted by molar-refractivity contribution is -0.145. The van der Waals surface area contributed by atoms with Crippen molar-refractivity contribution in [2.75, 3.05) is 43.5 Å². The molecular weight excluding hydrogens is 708 g/mol. The molecule has 16 heteroatoms. The number of aromatic amines is 1. The van der Waals surface area contributed by atoms with Crippen molar-refractivity contribution in [1.82, 2.24) is 30.5 Å². The molecule has 0 saturated carbocycles. The van der Waals surface area contributed by atoms with E-state index in [1.165, 1.54) is 31.5 Å². The lowest BCUT2D eigenvalue weighted by Gasteiger charge is -2.34. The van der Waals surface area contributed by atoms with E-state index in [0.29, 0.717) is 41.9 Å². The summed E-state index contributed by atoms with van der Waals surface area (Å²) in [6.07, 6.45) is -1.84. The number of hydrogen-bond acceptors (Lipinski definition) is 9. The fourth-order valence-electron chi connectivity index (χ4n) is 6.95. The SMILES string of the molecule is COC(O)N[C@H](C(=O)N1CCC[C@H]1c1ncc(-c2ccc(-c3cc(F)c(NC(=O)c4ccc(N5CCNC[C@H]5C)nc4)cc3C(F)(F)F)cc2)[nH]1)C(C)C. The summed E-state index contributed by atoms with van der Waals surface area (Å²) in [7, 11) is 1.33. The first-order valence-corrected chi connectivity index (χ1v) is 17.8. The van der Waals surface area contributed by atoms with Gasteiger partial charge in [-0.3, -0.25) is 14.9 Å². The molecule has 0 aliphatic carbocycles. The van der Waals surface area contributed by atoms with Gasteiger partial charge in [0.05, 0.1) is 40.8 Å². The van der Waals surface area contributed by atoms with Crippen molar-refractivity contribution >= 4 is 23.3 Å². The van der Waals surface area contributed by atoms with Crippen LogP contribution in [0.5, 0.6) is 0 Å². The molecule has 2 fully saturated rings. The number of carbonyl (C=O) groups is 2. The van der Waals surface area contributed by atoms with Crippen LogP contribution in [0.1, 0.15) is 61.4 Å². The number of aliphatic hydroxyl groups excluding tert-OH is 1. The van der Waals surface area contributed by atoms with Crippen molar-refractivity contribution in [3.05, 3.63) is 83.7 Å². The number of rotatable bonds is 11. The summed E-state index contributed by atoms with van der Waals surface area (Å²) >= 11 is 0. The highest BCUT2D eigenvalue weighted by molar-refractivity contribution is 6.04.